The van der Waals surface area contributed by atoms with Crippen molar-refractivity contribution in [3.05, 3.63) is 21.8 Å². The van der Waals surface area contributed by atoms with E-state index in [1.165, 1.54) is 0 Å². The van der Waals surface area contributed by atoms with Crippen LogP contribution in [0.25, 0.3) is 0 Å². The third-order valence-electron chi connectivity index (χ3n) is 8.24. The van der Waals surface area contributed by atoms with Crippen LogP contribution in [0.2, 0.25) is 0 Å². The third-order valence-corrected chi connectivity index (χ3v) is 8.24. The number of piperazine rings is 1. The zero-order valence-corrected chi connectivity index (χ0v) is 18.2. The van der Waals surface area contributed by atoms with E-state index in [0.717, 1.165) is 59.8 Å². The van der Waals surface area contributed by atoms with Gasteiger partial charge in [0.1, 0.15) is 12.4 Å². The largest absolute Gasteiger partial charge is 0.505 e. The lowest BCUT2D eigenvalue weighted by molar-refractivity contribution is -0.0428. The average molecular weight is 428 g/mol. The standard InChI is InChI=1S/C22H29N5O4/c1-10-16-17(25-13-7-5-4-6-12(13)24-16)15-11(9-31-21(23)29)22(30-3)20-14(26(20)2)8-27(22)18(15)19(10)28/h11-14,20,28H,4-9H2,1-3H3,(H2,23,29)/t11-,12-,13-,14+,20+,22-,26?/m1/s1. The van der Waals surface area contributed by atoms with Crippen molar-refractivity contribution in [2.45, 2.75) is 68.4 Å². The molecule has 0 spiro atoms. The van der Waals surface area contributed by atoms with Gasteiger partial charge in [-0.2, -0.15) is 0 Å². The van der Waals surface area contributed by atoms with Gasteiger partial charge in [0, 0.05) is 30.8 Å². The molecule has 2 saturated heterocycles. The van der Waals surface area contributed by atoms with Gasteiger partial charge in [-0.3, -0.25) is 14.9 Å². The number of hydrogen-bond acceptors (Lipinski definition) is 8. The first-order chi connectivity index (χ1) is 14.9. The van der Waals surface area contributed by atoms with E-state index in [1.807, 2.05) is 6.92 Å². The second-order valence-corrected chi connectivity index (χ2v) is 9.54. The monoisotopic (exact) mass is 427 g/mol. The summed E-state index contributed by atoms with van der Waals surface area (Å²) in [6, 6.07) is 0.820. The normalized spacial score (nSPS) is 38.7. The molecule has 4 aliphatic heterocycles. The van der Waals surface area contributed by atoms with E-state index in [4.69, 9.17) is 25.2 Å². The molecular formula is C22H29N5O4. The zero-order valence-electron chi connectivity index (χ0n) is 18.2. The minimum Gasteiger partial charge on any atom is -0.505 e. The molecule has 31 heavy (non-hydrogen) atoms. The van der Waals surface area contributed by atoms with Crippen LogP contribution in [-0.2, 0) is 9.47 Å². The van der Waals surface area contributed by atoms with Gasteiger partial charge in [0.05, 0.1) is 40.4 Å². The van der Waals surface area contributed by atoms with Crippen molar-refractivity contribution >= 4 is 11.8 Å². The Labute approximate surface area is 180 Å². The molecule has 1 aromatic carbocycles. The van der Waals surface area contributed by atoms with Crippen LogP contribution in [0.1, 0.15) is 42.7 Å². The Morgan fingerprint density at radius 3 is 2.58 bits per heavy atom. The van der Waals surface area contributed by atoms with Gasteiger partial charge in [-0.05, 0) is 26.8 Å². The number of ether oxygens (including phenoxy) is 2. The van der Waals surface area contributed by atoms with E-state index in [1.54, 1.807) is 7.11 Å². The molecule has 1 saturated carbocycles. The third kappa shape index (κ3) is 2.31. The lowest BCUT2D eigenvalue weighted by Gasteiger charge is -2.39. The van der Waals surface area contributed by atoms with Gasteiger partial charge in [-0.25, -0.2) is 4.79 Å². The molecule has 9 heteroatoms. The Morgan fingerprint density at radius 1 is 1.26 bits per heavy atom. The highest BCUT2D eigenvalue weighted by atomic mass is 16.6. The van der Waals surface area contributed by atoms with Crippen LogP contribution >= 0.6 is 0 Å². The number of hydrogen-bond donors (Lipinski definition) is 2. The number of nitrogens with two attached hydrogens (primary N) is 1. The number of rotatable bonds is 3. The molecule has 1 amide bonds. The number of methoxy groups -OCH3 is 1. The van der Waals surface area contributed by atoms with E-state index in [2.05, 4.69) is 16.8 Å². The van der Waals surface area contributed by atoms with Crippen LogP contribution in [0.4, 0.5) is 10.5 Å². The summed E-state index contributed by atoms with van der Waals surface area (Å²) >= 11 is 0. The molecule has 0 bridgehead atoms. The minimum absolute atomic E-state index is 0.0717. The quantitative estimate of drug-likeness (QED) is 0.671. The van der Waals surface area contributed by atoms with Crippen LogP contribution in [0.5, 0.6) is 5.75 Å². The molecular weight excluding hydrogens is 398 g/mol. The molecule has 166 valence electrons. The number of carbonyl (C=O) groups is 1. The lowest BCUT2D eigenvalue weighted by atomic mass is 9.86. The van der Waals surface area contributed by atoms with Gasteiger partial charge >= 0.3 is 6.09 Å². The van der Waals surface area contributed by atoms with Crippen LogP contribution in [0.3, 0.4) is 0 Å². The lowest BCUT2D eigenvalue weighted by Crippen LogP contribution is -2.54. The van der Waals surface area contributed by atoms with E-state index in [-0.39, 0.29) is 36.4 Å². The first-order valence-corrected chi connectivity index (χ1v) is 11.2. The van der Waals surface area contributed by atoms with Gasteiger partial charge in [0.15, 0.2) is 5.72 Å². The maximum absolute atomic E-state index is 11.6. The number of primary amides is 1. The summed E-state index contributed by atoms with van der Waals surface area (Å²) in [5.74, 6) is -0.0896. The highest BCUT2D eigenvalue weighted by Gasteiger charge is 2.74. The summed E-state index contributed by atoms with van der Waals surface area (Å²) in [5, 5.41) is 13.0. The Morgan fingerprint density at radius 2 is 1.94 bits per heavy atom. The Bertz CT molecular complexity index is 1110. The van der Waals surface area contributed by atoms with Gasteiger partial charge in [0.25, 0.3) is 0 Å². The van der Waals surface area contributed by atoms with Crippen molar-refractivity contribution in [3.63, 3.8) is 0 Å². The second-order valence-electron chi connectivity index (χ2n) is 9.54. The number of likely N-dealkylation sites (N-methyl/N-ethyl adjacent to an activating group) is 1. The fraction of sp³-hybridized carbons (Fsp3) is 0.682. The van der Waals surface area contributed by atoms with Gasteiger partial charge in [-0.15, -0.1) is 0 Å². The first-order valence-electron chi connectivity index (χ1n) is 11.2. The molecule has 3 fully saturated rings. The Hall–Kier alpha value is -2.39. The maximum atomic E-state index is 11.6. The van der Waals surface area contributed by atoms with E-state index in [9.17, 15) is 9.90 Å². The van der Waals surface area contributed by atoms with Crippen LogP contribution < -0.4 is 21.3 Å². The van der Waals surface area contributed by atoms with Crippen LogP contribution in [-0.4, -0.2) is 73.3 Å². The number of phenols is 1. The predicted molar refractivity (Wildman–Crippen MR) is 112 cm³/mol. The van der Waals surface area contributed by atoms with E-state index < -0.39 is 11.8 Å². The molecule has 1 aromatic rings. The number of aromatic hydroxyl groups is 1. The Balaban J connectivity index is 1.62. The minimum atomic E-state index is -0.816. The molecule has 1 unspecified atom stereocenters. The number of phenolic OH excluding ortho intramolecular Hbond substituents is 1. The molecule has 7 atom stereocenters. The van der Waals surface area contributed by atoms with Gasteiger partial charge in [0.2, 0.25) is 0 Å². The van der Waals surface area contributed by atoms with Crippen molar-refractivity contribution in [2.24, 2.45) is 15.7 Å². The highest BCUT2D eigenvalue weighted by molar-refractivity contribution is 5.75. The topological polar surface area (TPSA) is 113 Å². The van der Waals surface area contributed by atoms with Crippen molar-refractivity contribution in [2.75, 3.05) is 32.2 Å². The summed E-state index contributed by atoms with van der Waals surface area (Å²) < 4.78 is 11.6. The first kappa shape index (κ1) is 19.3. The number of amides is 1. The van der Waals surface area contributed by atoms with Crippen molar-refractivity contribution in [1.82, 2.24) is 4.90 Å². The van der Waals surface area contributed by atoms with Crippen molar-refractivity contribution < 1.29 is 19.4 Å². The molecule has 5 aliphatic rings. The van der Waals surface area contributed by atoms with Crippen molar-refractivity contribution in [3.8, 4) is 5.75 Å². The molecule has 4 heterocycles. The SMILES string of the molecule is CO[C@@]12[C@H](COC(N)=O)c3c(c(O)c(C)c4c3=N[C@@H]3CCCC[C@H]3N=4)N1C[C@H]1[C@@H]2N1C. The Kier molecular flexibility index (Phi) is 3.94. The average Bonchev–Trinajstić information content (AvgIpc) is 3.14. The van der Waals surface area contributed by atoms with E-state index >= 15 is 0 Å². The van der Waals surface area contributed by atoms with E-state index in [0.29, 0.717) is 6.04 Å². The number of fused-ring (bicyclic) bond motifs is 8. The number of benzene rings is 1. The fourth-order valence-corrected chi connectivity index (χ4v) is 6.75. The fourth-order valence-electron chi connectivity index (χ4n) is 6.75. The molecule has 1 aliphatic carbocycles. The maximum Gasteiger partial charge on any atom is 0.404 e. The van der Waals surface area contributed by atoms with Crippen LogP contribution in [0, 0.1) is 6.92 Å². The predicted octanol–water partition coefficient (Wildman–Crippen LogP) is 0.302. The van der Waals surface area contributed by atoms with Crippen molar-refractivity contribution in [1.29, 1.82) is 0 Å². The summed E-state index contributed by atoms with van der Waals surface area (Å²) in [5.41, 5.74) is 7.00. The molecule has 0 radical (unpaired) electrons. The number of anilines is 1. The number of carbonyl (C=O) groups excluding carboxylic acids is 1. The van der Waals surface area contributed by atoms with Crippen LogP contribution in [0.15, 0.2) is 9.98 Å². The highest BCUT2D eigenvalue weighted by Crippen LogP contribution is 2.61. The van der Waals surface area contributed by atoms with Gasteiger partial charge in [-0.1, -0.05) is 12.8 Å². The smallest absolute Gasteiger partial charge is 0.404 e. The van der Waals surface area contributed by atoms with Gasteiger partial charge < -0.3 is 25.2 Å². The second kappa shape index (κ2) is 6.32. The molecule has 6 rings (SSSR count). The zero-order chi connectivity index (χ0) is 21.7. The molecule has 0 aromatic heterocycles. The summed E-state index contributed by atoms with van der Waals surface area (Å²) in [7, 11) is 3.77. The summed E-state index contributed by atoms with van der Waals surface area (Å²) in [6.07, 6.45) is 3.56. The number of nitrogens with zero attached hydrogens (tertiary/aromatic N) is 4. The molecule has 3 N–H and O–H groups in total. The molecule has 9 nitrogen and oxygen atoms in total. The summed E-state index contributed by atoms with van der Waals surface area (Å²) in [4.78, 5) is 26.3. The summed E-state index contributed by atoms with van der Waals surface area (Å²) in [6.45, 7) is 2.73.